The highest BCUT2D eigenvalue weighted by molar-refractivity contribution is 5.37. The Labute approximate surface area is 160 Å². The van der Waals surface area contributed by atoms with Gasteiger partial charge in [-0.1, -0.05) is 18.6 Å². The molecule has 2 aliphatic heterocycles. The number of methoxy groups -OCH3 is 1. The molecule has 0 spiro atoms. The van der Waals surface area contributed by atoms with Gasteiger partial charge in [0.15, 0.2) is 0 Å². The Kier molecular flexibility index (Phi) is 7.10. The Morgan fingerprint density at radius 2 is 1.62 bits per heavy atom. The predicted octanol–water partition coefficient (Wildman–Crippen LogP) is 3.05. The van der Waals surface area contributed by atoms with E-state index < -0.39 is 0 Å². The van der Waals surface area contributed by atoms with E-state index in [0.29, 0.717) is 6.04 Å². The first-order chi connectivity index (χ1) is 12.6. The number of likely N-dealkylation sites (tertiary alicyclic amines) is 1. The molecule has 0 unspecified atom stereocenters. The molecule has 26 heavy (non-hydrogen) atoms. The summed E-state index contributed by atoms with van der Waals surface area (Å²) in [5.74, 6) is 0. The van der Waals surface area contributed by atoms with Crippen molar-refractivity contribution in [2.75, 3.05) is 53.5 Å². The summed E-state index contributed by atoms with van der Waals surface area (Å²) in [4.78, 5) is 7.68. The molecule has 0 bridgehead atoms. The zero-order chi connectivity index (χ0) is 18.5. The van der Waals surface area contributed by atoms with E-state index in [9.17, 15) is 0 Å². The highest BCUT2D eigenvalue weighted by atomic mass is 16.5. The molecular weight excluding hydrogens is 322 g/mol. The summed E-state index contributed by atoms with van der Waals surface area (Å²) >= 11 is 0. The first-order valence-corrected chi connectivity index (χ1v) is 10.3. The second-order valence-corrected chi connectivity index (χ2v) is 8.36. The number of likely N-dealkylation sites (N-methyl/N-ethyl adjacent to an activating group) is 1. The van der Waals surface area contributed by atoms with Crippen molar-refractivity contribution in [1.29, 1.82) is 0 Å². The van der Waals surface area contributed by atoms with Crippen LogP contribution < -0.4 is 0 Å². The lowest BCUT2D eigenvalue weighted by atomic mass is 9.96. The third-order valence-electron chi connectivity index (χ3n) is 6.27. The largest absolute Gasteiger partial charge is 0.383 e. The molecule has 1 aromatic carbocycles. The fourth-order valence-corrected chi connectivity index (χ4v) is 4.40. The van der Waals surface area contributed by atoms with Gasteiger partial charge in [-0.25, -0.2) is 0 Å². The maximum absolute atomic E-state index is 5.48. The second kappa shape index (κ2) is 9.32. The monoisotopic (exact) mass is 359 g/mol. The van der Waals surface area contributed by atoms with E-state index in [0.717, 1.165) is 19.7 Å². The first kappa shape index (κ1) is 19.8. The molecule has 4 heteroatoms. The lowest BCUT2D eigenvalue weighted by Gasteiger charge is -2.36. The normalized spacial score (nSPS) is 23.5. The molecule has 1 aromatic rings. The Balaban J connectivity index is 1.70. The summed E-state index contributed by atoms with van der Waals surface area (Å²) in [5.41, 5.74) is 5.89. The van der Waals surface area contributed by atoms with Gasteiger partial charge < -0.3 is 9.64 Å². The van der Waals surface area contributed by atoms with E-state index in [2.05, 4.69) is 47.7 Å². The quantitative estimate of drug-likeness (QED) is 0.777. The average molecular weight is 360 g/mol. The molecule has 2 aliphatic rings. The lowest BCUT2D eigenvalue weighted by Crippen LogP contribution is -2.44. The SMILES string of the molecule is COC[C@H]1CCCCN1Cc1cc(CN2CCN(C)CC2)c(C)cc1C. The maximum atomic E-state index is 5.48. The van der Waals surface area contributed by atoms with Crippen molar-refractivity contribution in [3.63, 3.8) is 0 Å². The molecular formula is C22H37N3O. The standard InChI is InChI=1S/C22H37N3O/c1-18-13-19(2)21(16-25-8-6-5-7-22(25)17-26-4)14-20(18)15-24-11-9-23(3)10-12-24/h13-14,22H,5-12,15-17H2,1-4H3/t22-/m1/s1. The van der Waals surface area contributed by atoms with Crippen LogP contribution in [0.3, 0.4) is 0 Å². The van der Waals surface area contributed by atoms with Gasteiger partial charge in [-0.2, -0.15) is 0 Å². The Hall–Kier alpha value is -0.940. The van der Waals surface area contributed by atoms with Gasteiger partial charge in [0, 0.05) is 52.4 Å². The summed E-state index contributed by atoms with van der Waals surface area (Å²) in [6.07, 6.45) is 3.93. The molecule has 1 atom stereocenters. The van der Waals surface area contributed by atoms with Gasteiger partial charge >= 0.3 is 0 Å². The maximum Gasteiger partial charge on any atom is 0.0618 e. The third kappa shape index (κ3) is 5.07. The molecule has 0 radical (unpaired) electrons. The third-order valence-corrected chi connectivity index (χ3v) is 6.27. The van der Waals surface area contributed by atoms with E-state index in [1.807, 2.05) is 7.11 Å². The molecule has 0 amide bonds. The van der Waals surface area contributed by atoms with Crippen molar-refractivity contribution in [3.05, 3.63) is 34.4 Å². The topological polar surface area (TPSA) is 19.0 Å². The van der Waals surface area contributed by atoms with E-state index in [1.165, 1.54) is 74.2 Å². The number of hydrogen-bond acceptors (Lipinski definition) is 4. The van der Waals surface area contributed by atoms with E-state index in [1.54, 1.807) is 0 Å². The minimum atomic E-state index is 0.579. The molecule has 4 nitrogen and oxygen atoms in total. The molecule has 0 aromatic heterocycles. The number of aryl methyl sites for hydroxylation is 2. The van der Waals surface area contributed by atoms with Crippen LogP contribution in [0.2, 0.25) is 0 Å². The van der Waals surface area contributed by atoms with Gasteiger partial charge in [-0.3, -0.25) is 9.80 Å². The van der Waals surface area contributed by atoms with Crippen LogP contribution in [0.5, 0.6) is 0 Å². The minimum absolute atomic E-state index is 0.579. The zero-order valence-electron chi connectivity index (χ0n) is 17.3. The average Bonchev–Trinajstić information content (AvgIpc) is 2.63. The Morgan fingerprint density at radius 3 is 2.31 bits per heavy atom. The summed E-state index contributed by atoms with van der Waals surface area (Å²) < 4.78 is 5.48. The van der Waals surface area contributed by atoms with Crippen molar-refractivity contribution < 1.29 is 4.74 Å². The molecule has 0 saturated carbocycles. The number of piperidine rings is 1. The van der Waals surface area contributed by atoms with Gasteiger partial charge in [-0.05, 0) is 62.5 Å². The summed E-state index contributed by atoms with van der Waals surface area (Å²) in [5, 5.41) is 0. The summed E-state index contributed by atoms with van der Waals surface area (Å²) in [6.45, 7) is 13.5. The Bertz CT molecular complexity index is 579. The van der Waals surface area contributed by atoms with Crippen LogP contribution in [0.1, 0.15) is 41.5 Å². The zero-order valence-corrected chi connectivity index (χ0v) is 17.3. The molecule has 2 saturated heterocycles. The van der Waals surface area contributed by atoms with Crippen molar-refractivity contribution in [2.24, 2.45) is 0 Å². The van der Waals surface area contributed by atoms with Crippen molar-refractivity contribution in [2.45, 2.75) is 52.2 Å². The van der Waals surface area contributed by atoms with Gasteiger partial charge in [0.05, 0.1) is 6.61 Å². The van der Waals surface area contributed by atoms with Crippen LogP contribution in [0.25, 0.3) is 0 Å². The van der Waals surface area contributed by atoms with Crippen LogP contribution in [0, 0.1) is 13.8 Å². The molecule has 3 rings (SSSR count). The van der Waals surface area contributed by atoms with Gasteiger partial charge in [-0.15, -0.1) is 0 Å². The number of piperazine rings is 1. The molecule has 2 fully saturated rings. The van der Waals surface area contributed by atoms with Crippen molar-refractivity contribution in [3.8, 4) is 0 Å². The van der Waals surface area contributed by atoms with Crippen LogP contribution in [0.15, 0.2) is 12.1 Å². The number of rotatable bonds is 6. The highest BCUT2D eigenvalue weighted by Crippen LogP contribution is 2.24. The highest BCUT2D eigenvalue weighted by Gasteiger charge is 2.23. The van der Waals surface area contributed by atoms with Gasteiger partial charge in [0.25, 0.3) is 0 Å². The number of benzene rings is 1. The minimum Gasteiger partial charge on any atom is -0.383 e. The first-order valence-electron chi connectivity index (χ1n) is 10.3. The molecule has 0 N–H and O–H groups in total. The van der Waals surface area contributed by atoms with Gasteiger partial charge in [0.1, 0.15) is 0 Å². The number of hydrogen-bond donors (Lipinski definition) is 0. The Morgan fingerprint density at radius 1 is 0.923 bits per heavy atom. The summed E-state index contributed by atoms with van der Waals surface area (Å²) in [7, 11) is 4.06. The number of ether oxygens (including phenoxy) is 1. The predicted molar refractivity (Wildman–Crippen MR) is 109 cm³/mol. The molecule has 146 valence electrons. The van der Waals surface area contributed by atoms with Crippen LogP contribution in [-0.2, 0) is 17.8 Å². The van der Waals surface area contributed by atoms with E-state index in [-0.39, 0.29) is 0 Å². The van der Waals surface area contributed by atoms with Crippen LogP contribution in [0.4, 0.5) is 0 Å². The smallest absolute Gasteiger partial charge is 0.0618 e. The second-order valence-electron chi connectivity index (χ2n) is 8.36. The van der Waals surface area contributed by atoms with Crippen molar-refractivity contribution >= 4 is 0 Å². The van der Waals surface area contributed by atoms with Crippen molar-refractivity contribution in [1.82, 2.24) is 14.7 Å². The van der Waals surface area contributed by atoms with Crippen LogP contribution in [-0.4, -0.2) is 74.2 Å². The van der Waals surface area contributed by atoms with Crippen LogP contribution >= 0.6 is 0 Å². The van der Waals surface area contributed by atoms with Gasteiger partial charge in [0.2, 0.25) is 0 Å². The molecule has 0 aliphatic carbocycles. The lowest BCUT2D eigenvalue weighted by molar-refractivity contribution is 0.0599. The molecule has 2 heterocycles. The fraction of sp³-hybridized carbons (Fsp3) is 0.727. The summed E-state index contributed by atoms with van der Waals surface area (Å²) in [6, 6.07) is 5.47. The van der Waals surface area contributed by atoms with E-state index in [4.69, 9.17) is 4.74 Å². The van der Waals surface area contributed by atoms with E-state index >= 15 is 0 Å². The fourth-order valence-electron chi connectivity index (χ4n) is 4.40. The number of nitrogens with zero attached hydrogens (tertiary/aromatic N) is 3.